The van der Waals surface area contributed by atoms with Crippen molar-refractivity contribution in [3.8, 4) is 0 Å². The second-order valence-electron chi connectivity index (χ2n) is 4.56. The number of hydrogen-bond donors (Lipinski definition) is 1. The van der Waals surface area contributed by atoms with E-state index >= 15 is 0 Å². The van der Waals surface area contributed by atoms with Gasteiger partial charge >= 0.3 is 5.97 Å². The molecule has 0 bridgehead atoms. The van der Waals surface area contributed by atoms with Gasteiger partial charge in [-0.25, -0.2) is 4.39 Å². The molecule has 0 heterocycles. The van der Waals surface area contributed by atoms with Crippen LogP contribution < -0.4 is 0 Å². The summed E-state index contributed by atoms with van der Waals surface area (Å²) in [7, 11) is 1.51. The van der Waals surface area contributed by atoms with E-state index in [9.17, 15) is 9.18 Å². The summed E-state index contributed by atoms with van der Waals surface area (Å²) in [6.45, 7) is 0.211. The van der Waals surface area contributed by atoms with Crippen molar-refractivity contribution in [3.63, 3.8) is 0 Å². The van der Waals surface area contributed by atoms with Crippen molar-refractivity contribution in [2.75, 3.05) is 7.11 Å². The SMILES string of the molecule is COCc1cccc(C2(CC(=O)O)CC2)c1F. The largest absolute Gasteiger partial charge is 0.481 e. The first kappa shape index (κ1) is 12.0. The van der Waals surface area contributed by atoms with Crippen LogP contribution in [0.3, 0.4) is 0 Å². The zero-order valence-electron chi connectivity index (χ0n) is 9.70. The van der Waals surface area contributed by atoms with Crippen molar-refractivity contribution in [2.45, 2.75) is 31.3 Å². The maximum atomic E-state index is 14.2. The van der Waals surface area contributed by atoms with Gasteiger partial charge in [-0.1, -0.05) is 18.2 Å². The minimum Gasteiger partial charge on any atom is -0.481 e. The summed E-state index contributed by atoms with van der Waals surface area (Å²) in [5.41, 5.74) is 0.524. The molecular weight excluding hydrogens is 223 g/mol. The first-order valence-electron chi connectivity index (χ1n) is 5.58. The van der Waals surface area contributed by atoms with Crippen molar-refractivity contribution in [2.24, 2.45) is 0 Å². The number of benzene rings is 1. The lowest BCUT2D eigenvalue weighted by atomic mass is 9.90. The molecule has 2 rings (SSSR count). The smallest absolute Gasteiger partial charge is 0.304 e. The average molecular weight is 238 g/mol. The molecule has 17 heavy (non-hydrogen) atoms. The Morgan fingerprint density at radius 3 is 2.76 bits per heavy atom. The van der Waals surface area contributed by atoms with Crippen molar-refractivity contribution >= 4 is 5.97 Å². The molecule has 1 aromatic rings. The van der Waals surface area contributed by atoms with Crippen LogP contribution in [-0.4, -0.2) is 18.2 Å². The van der Waals surface area contributed by atoms with E-state index in [1.807, 2.05) is 0 Å². The Balaban J connectivity index is 2.32. The van der Waals surface area contributed by atoms with Gasteiger partial charge in [-0.3, -0.25) is 4.79 Å². The highest BCUT2D eigenvalue weighted by atomic mass is 19.1. The highest BCUT2D eigenvalue weighted by Crippen LogP contribution is 2.52. The van der Waals surface area contributed by atoms with Crippen LogP contribution in [0, 0.1) is 5.82 Å². The van der Waals surface area contributed by atoms with Crippen molar-refractivity contribution in [1.29, 1.82) is 0 Å². The number of rotatable bonds is 5. The van der Waals surface area contributed by atoms with Gasteiger partial charge in [0.15, 0.2) is 0 Å². The van der Waals surface area contributed by atoms with Gasteiger partial charge in [0.2, 0.25) is 0 Å². The van der Waals surface area contributed by atoms with Crippen LogP contribution in [0.4, 0.5) is 4.39 Å². The summed E-state index contributed by atoms with van der Waals surface area (Å²) in [6.07, 6.45) is 1.49. The molecule has 0 aliphatic heterocycles. The predicted molar refractivity (Wildman–Crippen MR) is 60.3 cm³/mol. The van der Waals surface area contributed by atoms with Gasteiger partial charge in [0.1, 0.15) is 5.82 Å². The molecular formula is C13H15FO3. The van der Waals surface area contributed by atoms with Crippen LogP contribution >= 0.6 is 0 Å². The normalized spacial score (nSPS) is 16.8. The maximum absolute atomic E-state index is 14.2. The molecule has 1 aliphatic carbocycles. The van der Waals surface area contributed by atoms with Crippen molar-refractivity contribution < 1.29 is 19.0 Å². The van der Waals surface area contributed by atoms with E-state index in [0.717, 1.165) is 12.8 Å². The Morgan fingerprint density at radius 2 is 2.24 bits per heavy atom. The highest BCUT2D eigenvalue weighted by Gasteiger charge is 2.47. The molecule has 1 saturated carbocycles. The first-order chi connectivity index (χ1) is 8.09. The fourth-order valence-corrected chi connectivity index (χ4v) is 2.24. The third-order valence-corrected chi connectivity index (χ3v) is 3.29. The molecule has 0 saturated heterocycles. The van der Waals surface area contributed by atoms with Gasteiger partial charge < -0.3 is 9.84 Å². The minimum atomic E-state index is -0.876. The van der Waals surface area contributed by atoms with Crippen LogP contribution in [0.1, 0.15) is 30.4 Å². The molecule has 92 valence electrons. The molecule has 1 aromatic carbocycles. The van der Waals surface area contributed by atoms with Gasteiger partial charge in [-0.15, -0.1) is 0 Å². The Morgan fingerprint density at radius 1 is 1.53 bits per heavy atom. The monoisotopic (exact) mass is 238 g/mol. The van der Waals surface area contributed by atoms with E-state index in [-0.39, 0.29) is 18.8 Å². The lowest BCUT2D eigenvalue weighted by Crippen LogP contribution is -2.15. The van der Waals surface area contributed by atoms with Crippen LogP contribution in [0.5, 0.6) is 0 Å². The van der Waals surface area contributed by atoms with Gasteiger partial charge in [0.25, 0.3) is 0 Å². The number of carbonyl (C=O) groups is 1. The maximum Gasteiger partial charge on any atom is 0.304 e. The summed E-state index contributed by atoms with van der Waals surface area (Å²) >= 11 is 0. The van der Waals surface area contributed by atoms with E-state index < -0.39 is 11.4 Å². The van der Waals surface area contributed by atoms with E-state index in [1.165, 1.54) is 7.11 Å². The molecule has 0 aromatic heterocycles. The number of carboxylic acid groups (broad SMARTS) is 1. The van der Waals surface area contributed by atoms with Crippen LogP contribution in [0.25, 0.3) is 0 Å². The molecule has 3 nitrogen and oxygen atoms in total. The van der Waals surface area contributed by atoms with Crippen LogP contribution in [-0.2, 0) is 21.6 Å². The predicted octanol–water partition coefficient (Wildman–Crippen LogP) is 2.48. The number of ether oxygens (including phenoxy) is 1. The molecule has 1 N–H and O–H groups in total. The Kier molecular flexibility index (Phi) is 3.15. The highest BCUT2D eigenvalue weighted by molar-refractivity contribution is 5.70. The Hall–Kier alpha value is -1.42. The third kappa shape index (κ3) is 2.31. The summed E-state index contributed by atoms with van der Waals surface area (Å²) in [5.74, 6) is -1.19. The number of methoxy groups -OCH3 is 1. The van der Waals surface area contributed by atoms with Crippen molar-refractivity contribution in [3.05, 3.63) is 35.1 Å². The summed E-state index contributed by atoms with van der Waals surface area (Å²) < 4.78 is 19.1. The van der Waals surface area contributed by atoms with E-state index in [2.05, 4.69) is 0 Å². The molecule has 0 spiro atoms. The second kappa shape index (κ2) is 4.45. The number of halogens is 1. The Labute approximate surface area is 99.2 Å². The van der Waals surface area contributed by atoms with E-state index in [0.29, 0.717) is 11.1 Å². The topological polar surface area (TPSA) is 46.5 Å². The zero-order chi connectivity index (χ0) is 12.5. The van der Waals surface area contributed by atoms with Crippen LogP contribution in [0.15, 0.2) is 18.2 Å². The number of carboxylic acids is 1. The fraction of sp³-hybridized carbons (Fsp3) is 0.462. The second-order valence-corrected chi connectivity index (χ2v) is 4.56. The first-order valence-corrected chi connectivity index (χ1v) is 5.58. The van der Waals surface area contributed by atoms with Gasteiger partial charge in [0, 0.05) is 18.1 Å². The summed E-state index contributed by atoms with van der Waals surface area (Å²) in [5, 5.41) is 8.87. The molecule has 1 fully saturated rings. The van der Waals surface area contributed by atoms with Crippen molar-refractivity contribution in [1.82, 2.24) is 0 Å². The third-order valence-electron chi connectivity index (χ3n) is 3.29. The molecule has 4 heteroatoms. The van der Waals surface area contributed by atoms with Gasteiger partial charge in [-0.2, -0.15) is 0 Å². The summed E-state index contributed by atoms with van der Waals surface area (Å²) in [6, 6.07) is 5.11. The quantitative estimate of drug-likeness (QED) is 0.857. The lowest BCUT2D eigenvalue weighted by Gasteiger charge is -2.16. The molecule has 0 unspecified atom stereocenters. The van der Waals surface area contributed by atoms with E-state index in [1.54, 1.807) is 18.2 Å². The Bertz CT molecular complexity index is 438. The minimum absolute atomic E-state index is 0.000353. The summed E-state index contributed by atoms with van der Waals surface area (Å²) in [4.78, 5) is 10.8. The molecule has 0 amide bonds. The van der Waals surface area contributed by atoms with E-state index in [4.69, 9.17) is 9.84 Å². The number of aliphatic carboxylic acids is 1. The average Bonchev–Trinajstić information content (AvgIpc) is 3.01. The standard InChI is InChI=1S/C13H15FO3/c1-17-8-9-3-2-4-10(12(9)14)13(5-6-13)7-11(15)16/h2-4H,5-8H2,1H3,(H,15,16). The molecule has 0 atom stereocenters. The molecule has 1 aliphatic rings. The fourth-order valence-electron chi connectivity index (χ4n) is 2.24. The van der Waals surface area contributed by atoms with Gasteiger partial charge in [-0.05, 0) is 18.4 Å². The van der Waals surface area contributed by atoms with Gasteiger partial charge in [0.05, 0.1) is 13.0 Å². The zero-order valence-corrected chi connectivity index (χ0v) is 9.70. The number of hydrogen-bond acceptors (Lipinski definition) is 2. The lowest BCUT2D eigenvalue weighted by molar-refractivity contribution is -0.137. The molecule has 0 radical (unpaired) electrons. The van der Waals surface area contributed by atoms with Crippen LogP contribution in [0.2, 0.25) is 0 Å².